The Morgan fingerprint density at radius 1 is 1.19 bits per heavy atom. The lowest BCUT2D eigenvalue weighted by Crippen LogP contribution is -2.44. The van der Waals surface area contributed by atoms with Crippen LogP contribution < -0.4 is 14.9 Å². The maximum atomic E-state index is 13.4. The summed E-state index contributed by atoms with van der Waals surface area (Å²) in [5.41, 5.74) is 3.31. The minimum Gasteiger partial charge on any atom is -0.454 e. The van der Waals surface area contributed by atoms with E-state index in [4.69, 9.17) is 9.47 Å². The van der Waals surface area contributed by atoms with Gasteiger partial charge in [0.05, 0.1) is 16.8 Å². The summed E-state index contributed by atoms with van der Waals surface area (Å²) in [4.78, 5) is 10.5. The zero-order valence-electron chi connectivity index (χ0n) is 17.7. The highest BCUT2D eigenvalue weighted by atomic mass is 32.2. The molecule has 0 aromatic heterocycles. The third kappa shape index (κ3) is 4.39. The molecule has 11 heteroatoms. The number of benzene rings is 2. The number of fused-ring (bicyclic) bond motifs is 1. The normalized spacial score (nSPS) is 21.1. The van der Waals surface area contributed by atoms with Gasteiger partial charge in [-0.3, -0.25) is 15.5 Å². The van der Waals surface area contributed by atoms with E-state index >= 15 is 0 Å². The van der Waals surface area contributed by atoms with Crippen molar-refractivity contribution in [3.05, 3.63) is 52.1 Å². The second-order valence-electron chi connectivity index (χ2n) is 8.01. The van der Waals surface area contributed by atoms with Crippen LogP contribution in [-0.2, 0) is 10.0 Å². The van der Waals surface area contributed by atoms with Crippen molar-refractivity contribution in [2.45, 2.75) is 37.6 Å². The number of hydrazone groups is 1. The Morgan fingerprint density at radius 3 is 2.72 bits per heavy atom. The van der Waals surface area contributed by atoms with Gasteiger partial charge < -0.3 is 9.47 Å². The number of rotatable bonds is 6. The van der Waals surface area contributed by atoms with E-state index < -0.39 is 14.9 Å². The molecule has 1 saturated heterocycles. The SMILES string of the molecule is CC1CCN(S(=O)(=O)c2cc([N+](=O)[O-])ccc2NN=Cc2ccc3c(c2)OCO3)C(C)C1. The van der Waals surface area contributed by atoms with Gasteiger partial charge in [0, 0.05) is 24.7 Å². The summed E-state index contributed by atoms with van der Waals surface area (Å²) in [5.74, 6) is 1.66. The van der Waals surface area contributed by atoms with Crippen molar-refractivity contribution in [3.8, 4) is 11.5 Å². The molecular weight excluding hydrogens is 436 g/mol. The molecule has 0 aliphatic carbocycles. The fourth-order valence-corrected chi connectivity index (χ4v) is 5.79. The largest absolute Gasteiger partial charge is 0.454 e. The number of nitrogens with zero attached hydrogens (tertiary/aromatic N) is 3. The standard InChI is InChI=1S/C21H24N4O6S/c1-14-7-8-24(15(2)9-14)32(28,29)21-11-17(25(26)27)4-5-18(21)23-22-12-16-3-6-19-20(10-16)31-13-30-19/h3-6,10-12,14-15,23H,7-9,13H2,1-2H3. The number of hydrogen-bond acceptors (Lipinski definition) is 8. The molecule has 2 aromatic rings. The van der Waals surface area contributed by atoms with Crippen LogP contribution in [-0.4, -0.2) is 43.2 Å². The average molecular weight is 461 g/mol. The van der Waals surface area contributed by atoms with Crippen molar-refractivity contribution < 1.29 is 22.8 Å². The molecule has 170 valence electrons. The lowest BCUT2D eigenvalue weighted by molar-refractivity contribution is -0.385. The van der Waals surface area contributed by atoms with Crippen molar-refractivity contribution in [1.29, 1.82) is 0 Å². The minimum atomic E-state index is -3.97. The fraction of sp³-hybridized carbons (Fsp3) is 0.381. The molecule has 1 fully saturated rings. The van der Waals surface area contributed by atoms with Gasteiger partial charge in [-0.1, -0.05) is 6.92 Å². The van der Waals surface area contributed by atoms with Crippen LogP contribution in [0.15, 0.2) is 46.4 Å². The van der Waals surface area contributed by atoms with E-state index in [1.807, 2.05) is 6.92 Å². The number of sulfonamides is 1. The minimum absolute atomic E-state index is 0.159. The first-order chi connectivity index (χ1) is 15.3. The Morgan fingerprint density at radius 2 is 1.97 bits per heavy atom. The van der Waals surface area contributed by atoms with Crippen molar-refractivity contribution in [2.75, 3.05) is 18.8 Å². The Balaban J connectivity index is 1.63. The highest BCUT2D eigenvalue weighted by Crippen LogP contribution is 2.34. The van der Waals surface area contributed by atoms with E-state index in [-0.39, 0.29) is 29.1 Å². The second-order valence-corrected chi connectivity index (χ2v) is 9.87. The van der Waals surface area contributed by atoms with Crippen molar-refractivity contribution >= 4 is 27.6 Å². The van der Waals surface area contributed by atoms with Crippen LogP contribution in [0.25, 0.3) is 0 Å². The van der Waals surface area contributed by atoms with Gasteiger partial charge in [-0.25, -0.2) is 8.42 Å². The highest BCUT2D eigenvalue weighted by molar-refractivity contribution is 7.89. The zero-order chi connectivity index (χ0) is 22.9. The first kappa shape index (κ1) is 22.0. The Labute approximate surface area is 186 Å². The number of nitro benzene ring substituents is 1. The molecule has 0 radical (unpaired) electrons. The Kier molecular flexibility index (Phi) is 6.02. The Hall–Kier alpha value is -3.18. The fourth-order valence-electron chi connectivity index (χ4n) is 3.97. The Bertz CT molecular complexity index is 1170. The maximum absolute atomic E-state index is 13.4. The van der Waals surface area contributed by atoms with E-state index in [0.717, 1.165) is 18.9 Å². The van der Waals surface area contributed by atoms with Crippen LogP contribution in [0.5, 0.6) is 11.5 Å². The molecule has 2 atom stereocenters. The van der Waals surface area contributed by atoms with Crippen LogP contribution >= 0.6 is 0 Å². The third-order valence-corrected chi connectivity index (χ3v) is 7.69. The number of piperidine rings is 1. The van der Waals surface area contributed by atoms with Gasteiger partial charge >= 0.3 is 0 Å². The summed E-state index contributed by atoms with van der Waals surface area (Å²) in [5, 5.41) is 15.4. The van der Waals surface area contributed by atoms with Gasteiger partial charge in [-0.2, -0.15) is 9.41 Å². The molecule has 32 heavy (non-hydrogen) atoms. The van der Waals surface area contributed by atoms with Crippen LogP contribution in [0.4, 0.5) is 11.4 Å². The summed E-state index contributed by atoms with van der Waals surface area (Å²) in [6.07, 6.45) is 2.98. The average Bonchev–Trinajstić information content (AvgIpc) is 3.21. The molecule has 0 bridgehead atoms. The molecule has 10 nitrogen and oxygen atoms in total. The molecule has 0 spiro atoms. The molecular formula is C21H24N4O6S. The molecule has 2 heterocycles. The number of nitro groups is 1. The summed E-state index contributed by atoms with van der Waals surface area (Å²) in [7, 11) is -3.97. The molecule has 0 saturated carbocycles. The quantitative estimate of drug-likeness (QED) is 0.397. The number of non-ortho nitro benzene ring substituents is 1. The summed E-state index contributed by atoms with van der Waals surface area (Å²) < 4.78 is 38.9. The van der Waals surface area contributed by atoms with Gasteiger partial charge in [0.1, 0.15) is 4.90 Å². The van der Waals surface area contributed by atoms with E-state index in [1.165, 1.54) is 22.7 Å². The van der Waals surface area contributed by atoms with Crippen molar-refractivity contribution in [3.63, 3.8) is 0 Å². The number of ether oxygens (including phenoxy) is 2. The van der Waals surface area contributed by atoms with E-state index in [2.05, 4.69) is 17.5 Å². The van der Waals surface area contributed by atoms with Gasteiger partial charge in [0.2, 0.25) is 16.8 Å². The molecule has 2 unspecified atom stereocenters. The lowest BCUT2D eigenvalue weighted by Gasteiger charge is -2.35. The predicted molar refractivity (Wildman–Crippen MR) is 119 cm³/mol. The summed E-state index contributed by atoms with van der Waals surface area (Å²) in [6.45, 7) is 4.47. The van der Waals surface area contributed by atoms with Crippen LogP contribution in [0, 0.1) is 16.0 Å². The van der Waals surface area contributed by atoms with E-state index in [1.54, 1.807) is 18.2 Å². The van der Waals surface area contributed by atoms with Gasteiger partial charge in [-0.05, 0) is 55.5 Å². The topological polar surface area (TPSA) is 123 Å². The summed E-state index contributed by atoms with van der Waals surface area (Å²) >= 11 is 0. The van der Waals surface area contributed by atoms with Crippen LogP contribution in [0.3, 0.4) is 0 Å². The first-order valence-corrected chi connectivity index (χ1v) is 11.7. The number of nitrogens with one attached hydrogen (secondary N) is 1. The highest BCUT2D eigenvalue weighted by Gasteiger charge is 2.35. The van der Waals surface area contributed by atoms with Gasteiger partial charge in [0.15, 0.2) is 11.5 Å². The lowest BCUT2D eigenvalue weighted by atomic mass is 9.95. The van der Waals surface area contributed by atoms with E-state index in [9.17, 15) is 18.5 Å². The first-order valence-electron chi connectivity index (χ1n) is 10.2. The second kappa shape index (κ2) is 8.75. The van der Waals surface area contributed by atoms with E-state index in [0.29, 0.717) is 29.5 Å². The van der Waals surface area contributed by atoms with Gasteiger partial charge in [-0.15, -0.1) is 0 Å². The molecule has 4 rings (SSSR count). The number of anilines is 1. The maximum Gasteiger partial charge on any atom is 0.270 e. The molecule has 2 aliphatic heterocycles. The molecule has 1 N–H and O–H groups in total. The van der Waals surface area contributed by atoms with Crippen LogP contribution in [0.2, 0.25) is 0 Å². The summed E-state index contributed by atoms with van der Waals surface area (Å²) in [6, 6.07) is 8.77. The smallest absolute Gasteiger partial charge is 0.270 e. The molecule has 2 aliphatic rings. The third-order valence-electron chi connectivity index (χ3n) is 5.64. The van der Waals surface area contributed by atoms with Crippen LogP contribution in [0.1, 0.15) is 32.3 Å². The molecule has 2 aromatic carbocycles. The number of hydrogen-bond donors (Lipinski definition) is 1. The van der Waals surface area contributed by atoms with Gasteiger partial charge in [0.25, 0.3) is 5.69 Å². The predicted octanol–water partition coefficient (Wildman–Crippen LogP) is 3.58. The molecule has 0 amide bonds. The monoisotopic (exact) mass is 460 g/mol. The van der Waals surface area contributed by atoms with Crippen molar-refractivity contribution in [2.24, 2.45) is 11.0 Å². The zero-order valence-corrected chi connectivity index (χ0v) is 18.5. The van der Waals surface area contributed by atoms with Crippen molar-refractivity contribution in [1.82, 2.24) is 4.31 Å².